The number of hydrogen-bond donors (Lipinski definition) is 1. The molecule has 2 rings (SSSR count). The zero-order chi connectivity index (χ0) is 12.5. The van der Waals surface area contributed by atoms with Crippen molar-refractivity contribution in [1.82, 2.24) is 9.78 Å². The van der Waals surface area contributed by atoms with Gasteiger partial charge in [-0.2, -0.15) is 5.10 Å². The summed E-state index contributed by atoms with van der Waals surface area (Å²) in [4.78, 5) is 0. The molecule has 0 aromatic carbocycles. The van der Waals surface area contributed by atoms with Crippen molar-refractivity contribution in [2.24, 2.45) is 18.9 Å². The van der Waals surface area contributed by atoms with Crippen molar-refractivity contribution < 1.29 is 5.11 Å². The number of aliphatic hydroxyl groups is 1. The minimum Gasteiger partial charge on any atom is -0.389 e. The van der Waals surface area contributed by atoms with E-state index in [1.807, 2.05) is 24.1 Å². The Morgan fingerprint density at radius 1 is 1.53 bits per heavy atom. The lowest BCUT2D eigenvalue weighted by Gasteiger charge is -2.42. The summed E-state index contributed by atoms with van der Waals surface area (Å²) in [6.45, 7) is 4.45. The Kier molecular flexibility index (Phi) is 3.57. The summed E-state index contributed by atoms with van der Waals surface area (Å²) in [6.07, 6.45) is 9.16. The van der Waals surface area contributed by atoms with Gasteiger partial charge in [-0.3, -0.25) is 4.68 Å². The lowest BCUT2D eigenvalue weighted by Crippen LogP contribution is -2.45. The van der Waals surface area contributed by atoms with E-state index in [-0.39, 0.29) is 0 Å². The average molecular weight is 236 g/mol. The van der Waals surface area contributed by atoms with Crippen LogP contribution in [0.3, 0.4) is 0 Å². The van der Waals surface area contributed by atoms with Crippen molar-refractivity contribution in [1.29, 1.82) is 0 Å². The van der Waals surface area contributed by atoms with Crippen molar-refractivity contribution in [2.45, 2.75) is 51.6 Å². The summed E-state index contributed by atoms with van der Waals surface area (Å²) < 4.78 is 1.81. The molecule has 1 aliphatic carbocycles. The lowest BCUT2D eigenvalue weighted by molar-refractivity contribution is -0.0652. The highest BCUT2D eigenvalue weighted by molar-refractivity contribution is 5.10. The third-order valence-corrected chi connectivity index (χ3v) is 4.14. The van der Waals surface area contributed by atoms with E-state index in [1.54, 1.807) is 0 Å². The summed E-state index contributed by atoms with van der Waals surface area (Å²) in [5.41, 5.74) is 0.637. The molecule has 96 valence electrons. The highest BCUT2D eigenvalue weighted by atomic mass is 16.3. The maximum absolute atomic E-state index is 10.9. The van der Waals surface area contributed by atoms with Gasteiger partial charge in [0, 0.05) is 19.7 Å². The van der Waals surface area contributed by atoms with Crippen molar-refractivity contribution >= 4 is 0 Å². The largest absolute Gasteiger partial charge is 0.389 e. The Labute approximate surface area is 104 Å². The topological polar surface area (TPSA) is 38.1 Å². The van der Waals surface area contributed by atoms with Crippen LogP contribution in [0.2, 0.25) is 0 Å². The molecule has 1 aromatic heterocycles. The highest BCUT2D eigenvalue weighted by Crippen LogP contribution is 2.40. The molecule has 1 N–H and O–H groups in total. The molecule has 2 atom stereocenters. The summed E-state index contributed by atoms with van der Waals surface area (Å²) in [5, 5.41) is 15.1. The quantitative estimate of drug-likeness (QED) is 0.875. The van der Waals surface area contributed by atoms with E-state index in [4.69, 9.17) is 0 Å². The number of rotatable bonds is 3. The molecule has 0 radical (unpaired) electrons. The second kappa shape index (κ2) is 4.81. The Morgan fingerprint density at radius 2 is 2.29 bits per heavy atom. The molecule has 0 saturated heterocycles. The molecule has 0 amide bonds. The monoisotopic (exact) mass is 236 g/mol. The minimum absolute atomic E-state index is 0.427. The van der Waals surface area contributed by atoms with Crippen LogP contribution in [0.25, 0.3) is 0 Å². The molecular formula is C14H24N2O. The second-order valence-corrected chi connectivity index (χ2v) is 5.90. The lowest BCUT2D eigenvalue weighted by atomic mass is 9.68. The van der Waals surface area contributed by atoms with Crippen molar-refractivity contribution in [2.75, 3.05) is 0 Å². The van der Waals surface area contributed by atoms with E-state index in [0.717, 1.165) is 31.2 Å². The minimum atomic E-state index is -0.518. The molecule has 2 unspecified atom stereocenters. The molecular weight excluding hydrogens is 212 g/mol. The number of hydrogen-bond acceptors (Lipinski definition) is 2. The first-order valence-electron chi connectivity index (χ1n) is 6.71. The normalized spacial score (nSPS) is 29.8. The number of aryl methyl sites for hydroxylation is 1. The van der Waals surface area contributed by atoms with Gasteiger partial charge in [0.15, 0.2) is 0 Å². The van der Waals surface area contributed by atoms with Gasteiger partial charge in [-0.25, -0.2) is 0 Å². The van der Waals surface area contributed by atoms with Crippen LogP contribution in [-0.2, 0) is 13.5 Å². The van der Waals surface area contributed by atoms with Crippen LogP contribution in [-0.4, -0.2) is 20.5 Å². The molecule has 1 aliphatic rings. The van der Waals surface area contributed by atoms with Crippen LogP contribution in [0.15, 0.2) is 12.4 Å². The van der Waals surface area contributed by atoms with Crippen LogP contribution in [0.4, 0.5) is 0 Å². The predicted molar refractivity (Wildman–Crippen MR) is 68.7 cm³/mol. The second-order valence-electron chi connectivity index (χ2n) is 5.90. The van der Waals surface area contributed by atoms with E-state index in [2.05, 4.69) is 18.9 Å². The fourth-order valence-corrected chi connectivity index (χ4v) is 3.34. The van der Waals surface area contributed by atoms with Crippen LogP contribution < -0.4 is 0 Å². The third-order valence-electron chi connectivity index (χ3n) is 4.14. The molecule has 0 spiro atoms. The zero-order valence-corrected chi connectivity index (χ0v) is 11.2. The maximum atomic E-state index is 10.9. The van der Waals surface area contributed by atoms with Crippen molar-refractivity contribution in [3.8, 4) is 0 Å². The van der Waals surface area contributed by atoms with Crippen LogP contribution in [0.5, 0.6) is 0 Å². The van der Waals surface area contributed by atoms with Gasteiger partial charge >= 0.3 is 0 Å². The van der Waals surface area contributed by atoms with Crippen molar-refractivity contribution in [3.05, 3.63) is 18.0 Å². The fourth-order valence-electron chi connectivity index (χ4n) is 3.34. The summed E-state index contributed by atoms with van der Waals surface area (Å²) in [6, 6.07) is 0. The first-order chi connectivity index (χ1) is 8.01. The van der Waals surface area contributed by atoms with E-state index in [0.29, 0.717) is 11.8 Å². The SMILES string of the molecule is CC(C)C1CCCCC1(O)Cc1cnn(C)c1. The Bertz CT molecular complexity index is 372. The maximum Gasteiger partial charge on any atom is 0.0719 e. The van der Waals surface area contributed by atoms with Gasteiger partial charge in [-0.05, 0) is 30.2 Å². The molecule has 1 saturated carbocycles. The standard InChI is InChI=1S/C14H24N2O/c1-11(2)13-6-4-5-7-14(13,17)8-12-9-15-16(3)10-12/h9-11,13,17H,4-8H2,1-3H3. The zero-order valence-electron chi connectivity index (χ0n) is 11.2. The van der Waals surface area contributed by atoms with Gasteiger partial charge in [0.25, 0.3) is 0 Å². The molecule has 3 heteroatoms. The van der Waals surface area contributed by atoms with E-state index in [1.165, 1.54) is 6.42 Å². The summed E-state index contributed by atoms with van der Waals surface area (Å²) in [7, 11) is 1.92. The molecule has 0 aliphatic heterocycles. The molecule has 1 fully saturated rings. The van der Waals surface area contributed by atoms with Crippen molar-refractivity contribution in [3.63, 3.8) is 0 Å². The molecule has 1 aromatic rings. The first-order valence-corrected chi connectivity index (χ1v) is 6.71. The molecule has 17 heavy (non-hydrogen) atoms. The van der Waals surface area contributed by atoms with E-state index in [9.17, 15) is 5.11 Å². The van der Waals surface area contributed by atoms with Gasteiger partial charge in [0.05, 0.1) is 11.8 Å². The third kappa shape index (κ3) is 2.71. The van der Waals surface area contributed by atoms with E-state index >= 15 is 0 Å². The van der Waals surface area contributed by atoms with Crippen LogP contribution in [0, 0.1) is 11.8 Å². The Balaban J connectivity index is 2.14. The van der Waals surface area contributed by atoms with Gasteiger partial charge < -0.3 is 5.11 Å². The smallest absolute Gasteiger partial charge is 0.0719 e. The fraction of sp³-hybridized carbons (Fsp3) is 0.786. The summed E-state index contributed by atoms with van der Waals surface area (Å²) in [5.74, 6) is 0.980. The number of nitrogens with zero attached hydrogens (tertiary/aromatic N) is 2. The molecule has 0 bridgehead atoms. The summed E-state index contributed by atoms with van der Waals surface area (Å²) >= 11 is 0. The Morgan fingerprint density at radius 3 is 2.88 bits per heavy atom. The highest BCUT2D eigenvalue weighted by Gasteiger charge is 2.40. The van der Waals surface area contributed by atoms with Crippen LogP contribution >= 0.6 is 0 Å². The van der Waals surface area contributed by atoms with Gasteiger partial charge in [-0.1, -0.05) is 26.7 Å². The Hall–Kier alpha value is -0.830. The van der Waals surface area contributed by atoms with Crippen LogP contribution in [0.1, 0.15) is 45.1 Å². The van der Waals surface area contributed by atoms with E-state index < -0.39 is 5.60 Å². The molecule has 1 heterocycles. The molecule has 3 nitrogen and oxygen atoms in total. The first kappa shape index (κ1) is 12.6. The number of aromatic nitrogens is 2. The predicted octanol–water partition coefficient (Wildman–Crippen LogP) is 2.54. The van der Waals surface area contributed by atoms with Gasteiger partial charge in [0.2, 0.25) is 0 Å². The van der Waals surface area contributed by atoms with Gasteiger partial charge in [0.1, 0.15) is 0 Å². The average Bonchev–Trinajstić information content (AvgIpc) is 2.63. The van der Waals surface area contributed by atoms with Gasteiger partial charge in [-0.15, -0.1) is 0 Å².